The van der Waals surface area contributed by atoms with Gasteiger partial charge in [0.15, 0.2) is 5.96 Å². The van der Waals surface area contributed by atoms with Gasteiger partial charge in [-0.2, -0.15) is 0 Å². The minimum atomic E-state index is 0. The van der Waals surface area contributed by atoms with E-state index in [1.807, 2.05) is 0 Å². The molecule has 0 aliphatic heterocycles. The van der Waals surface area contributed by atoms with Gasteiger partial charge in [-0.1, -0.05) is 33.1 Å². The summed E-state index contributed by atoms with van der Waals surface area (Å²) in [4.78, 5) is 16.2. The highest BCUT2D eigenvalue weighted by molar-refractivity contribution is 14.0. The molecule has 5 nitrogen and oxygen atoms in total. The van der Waals surface area contributed by atoms with Crippen LogP contribution in [0.25, 0.3) is 0 Å². The number of halogens is 1. The summed E-state index contributed by atoms with van der Waals surface area (Å²) in [5.41, 5.74) is 0.450. The van der Waals surface area contributed by atoms with Gasteiger partial charge in [0.25, 0.3) is 0 Å². The third-order valence-electron chi connectivity index (χ3n) is 5.47. The fourth-order valence-electron chi connectivity index (χ4n) is 4.15. The maximum absolute atomic E-state index is 12.0. The standard InChI is InChI=1S/C19H36N4O.HI/c1-15(2)13-19(10-6-11-19)14-22-18(20-3)21-12-9-17(24)23-16-7-4-5-8-16;/h15-16H,4-14H2,1-3H3,(H,23,24)(H2,20,21,22);1H. The number of hydrogen-bond acceptors (Lipinski definition) is 2. The highest BCUT2D eigenvalue weighted by atomic mass is 127. The number of amides is 1. The Morgan fingerprint density at radius 2 is 1.84 bits per heavy atom. The Hall–Kier alpha value is -0.530. The number of guanidine groups is 1. The average molecular weight is 464 g/mol. The molecule has 2 fully saturated rings. The van der Waals surface area contributed by atoms with Crippen molar-refractivity contribution in [1.82, 2.24) is 16.0 Å². The van der Waals surface area contributed by atoms with E-state index in [0.29, 0.717) is 24.4 Å². The molecular weight excluding hydrogens is 427 g/mol. The first-order valence-corrected chi connectivity index (χ1v) is 9.77. The van der Waals surface area contributed by atoms with E-state index in [-0.39, 0.29) is 29.9 Å². The maximum Gasteiger partial charge on any atom is 0.221 e. The molecule has 0 bridgehead atoms. The lowest BCUT2D eigenvalue weighted by Crippen LogP contribution is -2.47. The third-order valence-corrected chi connectivity index (χ3v) is 5.47. The highest BCUT2D eigenvalue weighted by Crippen LogP contribution is 2.45. The maximum atomic E-state index is 12.0. The van der Waals surface area contributed by atoms with Crippen LogP contribution in [-0.4, -0.2) is 38.0 Å². The van der Waals surface area contributed by atoms with Crippen molar-refractivity contribution in [1.29, 1.82) is 0 Å². The van der Waals surface area contributed by atoms with Gasteiger partial charge in [-0.25, -0.2) is 0 Å². The van der Waals surface area contributed by atoms with Crippen LogP contribution in [0, 0.1) is 11.3 Å². The molecule has 146 valence electrons. The Labute approximate surface area is 170 Å². The summed E-state index contributed by atoms with van der Waals surface area (Å²) >= 11 is 0. The zero-order valence-electron chi connectivity index (χ0n) is 16.2. The van der Waals surface area contributed by atoms with Crippen LogP contribution in [0.5, 0.6) is 0 Å². The van der Waals surface area contributed by atoms with E-state index in [1.165, 1.54) is 38.5 Å². The fourth-order valence-corrected chi connectivity index (χ4v) is 4.15. The first-order chi connectivity index (χ1) is 11.5. The molecule has 0 radical (unpaired) electrons. The van der Waals surface area contributed by atoms with Gasteiger partial charge in [-0.05, 0) is 43.4 Å². The second kappa shape index (κ2) is 11.2. The van der Waals surface area contributed by atoms with Crippen molar-refractivity contribution in [3.8, 4) is 0 Å². The molecule has 0 aromatic carbocycles. The monoisotopic (exact) mass is 464 g/mol. The SMILES string of the molecule is CN=C(NCCC(=O)NC1CCCC1)NCC1(CC(C)C)CCC1.I. The molecule has 0 saturated heterocycles. The Morgan fingerprint density at radius 1 is 1.16 bits per heavy atom. The summed E-state index contributed by atoms with van der Waals surface area (Å²) in [5.74, 6) is 1.71. The van der Waals surface area contributed by atoms with Crippen molar-refractivity contribution in [2.45, 2.75) is 77.7 Å². The molecule has 2 rings (SSSR count). The summed E-state index contributed by atoms with van der Waals surface area (Å²) in [7, 11) is 1.80. The van der Waals surface area contributed by atoms with E-state index in [4.69, 9.17) is 0 Å². The Morgan fingerprint density at radius 3 is 2.36 bits per heavy atom. The van der Waals surface area contributed by atoms with E-state index < -0.39 is 0 Å². The number of nitrogens with one attached hydrogen (secondary N) is 3. The van der Waals surface area contributed by atoms with Gasteiger partial charge >= 0.3 is 0 Å². The van der Waals surface area contributed by atoms with Crippen LogP contribution in [0.2, 0.25) is 0 Å². The lowest BCUT2D eigenvalue weighted by Gasteiger charge is -2.43. The van der Waals surface area contributed by atoms with E-state index >= 15 is 0 Å². The average Bonchev–Trinajstić information content (AvgIpc) is 3.00. The van der Waals surface area contributed by atoms with Crippen molar-refractivity contribution in [2.75, 3.05) is 20.1 Å². The first-order valence-electron chi connectivity index (χ1n) is 9.77. The molecule has 0 atom stereocenters. The molecule has 0 aromatic heterocycles. The molecule has 2 aliphatic carbocycles. The van der Waals surface area contributed by atoms with E-state index in [2.05, 4.69) is 34.8 Å². The van der Waals surface area contributed by atoms with Crippen LogP contribution in [0.1, 0.15) is 71.6 Å². The van der Waals surface area contributed by atoms with Gasteiger partial charge in [0.05, 0.1) is 0 Å². The lowest BCUT2D eigenvalue weighted by atomic mass is 9.64. The zero-order chi connectivity index (χ0) is 17.4. The van der Waals surface area contributed by atoms with Crippen LogP contribution in [-0.2, 0) is 4.79 Å². The van der Waals surface area contributed by atoms with Crippen LogP contribution in [0.15, 0.2) is 4.99 Å². The molecule has 2 saturated carbocycles. The van der Waals surface area contributed by atoms with Crippen LogP contribution < -0.4 is 16.0 Å². The summed E-state index contributed by atoms with van der Waals surface area (Å²) in [5, 5.41) is 9.88. The van der Waals surface area contributed by atoms with E-state index in [9.17, 15) is 4.79 Å². The molecule has 0 aromatic rings. The first kappa shape index (κ1) is 22.5. The van der Waals surface area contributed by atoms with Gasteiger partial charge in [0.1, 0.15) is 0 Å². The fraction of sp³-hybridized carbons (Fsp3) is 0.895. The largest absolute Gasteiger partial charge is 0.356 e. The van der Waals surface area contributed by atoms with Gasteiger partial charge < -0.3 is 16.0 Å². The minimum Gasteiger partial charge on any atom is -0.356 e. The molecular formula is C19H37IN4O. The van der Waals surface area contributed by atoms with Crippen molar-refractivity contribution < 1.29 is 4.79 Å². The van der Waals surface area contributed by atoms with Gasteiger partial charge in [-0.15, -0.1) is 24.0 Å². The van der Waals surface area contributed by atoms with Crippen molar-refractivity contribution in [3.05, 3.63) is 0 Å². The molecule has 0 unspecified atom stereocenters. The molecule has 0 heterocycles. The van der Waals surface area contributed by atoms with Crippen molar-refractivity contribution >= 4 is 35.8 Å². The predicted molar refractivity (Wildman–Crippen MR) is 116 cm³/mol. The Balaban J connectivity index is 0.00000312. The van der Waals surface area contributed by atoms with Gasteiger partial charge in [0.2, 0.25) is 5.91 Å². The molecule has 6 heteroatoms. The summed E-state index contributed by atoms with van der Waals surface area (Å²) in [6, 6.07) is 0.407. The van der Waals surface area contributed by atoms with Gasteiger partial charge in [0, 0.05) is 32.6 Å². The smallest absolute Gasteiger partial charge is 0.221 e. The second-order valence-electron chi connectivity index (χ2n) is 8.10. The predicted octanol–water partition coefficient (Wildman–Crippen LogP) is 3.43. The quantitative estimate of drug-likeness (QED) is 0.293. The number of nitrogens with zero attached hydrogens (tertiary/aromatic N) is 1. The normalized spacial score (nSPS) is 19.9. The van der Waals surface area contributed by atoms with E-state index in [0.717, 1.165) is 31.3 Å². The molecule has 1 amide bonds. The highest BCUT2D eigenvalue weighted by Gasteiger charge is 2.37. The van der Waals surface area contributed by atoms with Crippen molar-refractivity contribution in [2.24, 2.45) is 16.3 Å². The minimum absolute atomic E-state index is 0. The summed E-state index contributed by atoms with van der Waals surface area (Å²) < 4.78 is 0. The number of rotatable bonds is 8. The number of aliphatic imine (C=N–C) groups is 1. The lowest BCUT2D eigenvalue weighted by molar-refractivity contribution is -0.121. The molecule has 3 N–H and O–H groups in total. The Kier molecular flexibility index (Phi) is 10.1. The van der Waals surface area contributed by atoms with Gasteiger partial charge in [-0.3, -0.25) is 9.79 Å². The molecule has 2 aliphatic rings. The summed E-state index contributed by atoms with van der Waals surface area (Å²) in [6.07, 6.45) is 10.5. The van der Waals surface area contributed by atoms with Crippen LogP contribution in [0.4, 0.5) is 0 Å². The van der Waals surface area contributed by atoms with Crippen LogP contribution in [0.3, 0.4) is 0 Å². The molecule has 0 spiro atoms. The zero-order valence-corrected chi connectivity index (χ0v) is 18.5. The number of carbonyl (C=O) groups excluding carboxylic acids is 1. The third kappa shape index (κ3) is 7.71. The van der Waals surface area contributed by atoms with Crippen LogP contribution >= 0.6 is 24.0 Å². The van der Waals surface area contributed by atoms with E-state index in [1.54, 1.807) is 7.05 Å². The topological polar surface area (TPSA) is 65.5 Å². The van der Waals surface area contributed by atoms with Crippen molar-refractivity contribution in [3.63, 3.8) is 0 Å². The summed E-state index contributed by atoms with van der Waals surface area (Å²) in [6.45, 7) is 6.22. The number of hydrogen-bond donors (Lipinski definition) is 3. The second-order valence-corrected chi connectivity index (χ2v) is 8.10. The molecule has 25 heavy (non-hydrogen) atoms. The Bertz CT molecular complexity index is 429. The number of carbonyl (C=O) groups is 1.